The van der Waals surface area contributed by atoms with E-state index in [9.17, 15) is 4.79 Å². The highest BCUT2D eigenvalue weighted by molar-refractivity contribution is 6.31. The maximum Gasteiger partial charge on any atom is 0.221 e. The molecule has 0 bridgehead atoms. The minimum Gasteiger partial charge on any atom is -0.486 e. The molecule has 31 heavy (non-hydrogen) atoms. The molecule has 0 unspecified atom stereocenters. The highest BCUT2D eigenvalue weighted by Gasteiger charge is 2.24. The van der Waals surface area contributed by atoms with Crippen molar-refractivity contribution in [2.75, 3.05) is 13.2 Å². The van der Waals surface area contributed by atoms with E-state index in [4.69, 9.17) is 25.5 Å². The summed E-state index contributed by atoms with van der Waals surface area (Å²) in [5.41, 5.74) is 2.94. The second kappa shape index (κ2) is 8.40. The van der Waals surface area contributed by atoms with Crippen molar-refractivity contribution < 1.29 is 18.7 Å². The maximum atomic E-state index is 12.9. The number of hydrogen-bond donors (Lipinski definition) is 2. The summed E-state index contributed by atoms with van der Waals surface area (Å²) >= 11 is 6.27. The van der Waals surface area contributed by atoms with E-state index in [1.165, 1.54) is 0 Å². The molecule has 0 spiro atoms. The van der Waals surface area contributed by atoms with Gasteiger partial charge in [-0.05, 0) is 53.6 Å². The van der Waals surface area contributed by atoms with Crippen LogP contribution in [-0.2, 0) is 11.3 Å². The van der Waals surface area contributed by atoms with Gasteiger partial charge in [-0.2, -0.15) is 0 Å². The molecule has 0 radical (unpaired) electrons. The number of furan rings is 1. The topological polar surface area (TPSA) is 76.5 Å². The molecular formula is C24H21ClN2O4. The molecule has 3 heterocycles. The van der Waals surface area contributed by atoms with E-state index in [2.05, 4.69) is 10.3 Å². The van der Waals surface area contributed by atoms with Gasteiger partial charge in [0.05, 0.1) is 12.8 Å². The summed E-state index contributed by atoms with van der Waals surface area (Å²) in [6.07, 6.45) is 3.80. The number of aromatic nitrogens is 1. The van der Waals surface area contributed by atoms with Crippen LogP contribution >= 0.6 is 11.6 Å². The van der Waals surface area contributed by atoms with Crippen LogP contribution in [0.1, 0.15) is 29.2 Å². The van der Waals surface area contributed by atoms with E-state index in [-0.39, 0.29) is 18.2 Å². The van der Waals surface area contributed by atoms with E-state index in [0.29, 0.717) is 36.3 Å². The lowest BCUT2D eigenvalue weighted by Crippen LogP contribution is -2.25. The summed E-state index contributed by atoms with van der Waals surface area (Å²) in [5.74, 6) is 1.86. The number of carbonyl (C=O) groups excluding carboxylic acids is 1. The van der Waals surface area contributed by atoms with Gasteiger partial charge in [-0.1, -0.05) is 17.7 Å². The molecule has 5 rings (SSSR count). The molecule has 1 aliphatic rings. The van der Waals surface area contributed by atoms with Crippen molar-refractivity contribution in [3.8, 4) is 11.5 Å². The Morgan fingerprint density at radius 3 is 2.81 bits per heavy atom. The first-order valence-electron chi connectivity index (χ1n) is 10.1. The monoisotopic (exact) mass is 436 g/mol. The molecule has 0 aliphatic carbocycles. The van der Waals surface area contributed by atoms with Crippen LogP contribution < -0.4 is 14.8 Å². The minimum absolute atomic E-state index is 0.0762. The molecule has 1 amide bonds. The predicted octanol–water partition coefficient (Wildman–Crippen LogP) is 5.02. The van der Waals surface area contributed by atoms with Crippen molar-refractivity contribution in [1.82, 2.24) is 10.3 Å². The first-order chi connectivity index (χ1) is 15.2. The lowest BCUT2D eigenvalue weighted by molar-refractivity contribution is -0.121. The summed E-state index contributed by atoms with van der Waals surface area (Å²) in [7, 11) is 0. The average Bonchev–Trinajstić information content (AvgIpc) is 3.45. The number of fused-ring (bicyclic) bond motifs is 2. The Morgan fingerprint density at radius 1 is 1.10 bits per heavy atom. The quantitative estimate of drug-likeness (QED) is 0.444. The van der Waals surface area contributed by atoms with Crippen LogP contribution in [0.5, 0.6) is 11.5 Å². The number of benzene rings is 2. The second-order valence-electron chi connectivity index (χ2n) is 7.45. The van der Waals surface area contributed by atoms with Crippen LogP contribution in [0.4, 0.5) is 0 Å². The summed E-state index contributed by atoms with van der Waals surface area (Å²) in [5, 5.41) is 4.59. The SMILES string of the molecule is O=C(C[C@@H](c1ccc2c(c1)OCCO2)c1c[nH]c2ccc(Cl)cc12)NCc1ccco1. The summed E-state index contributed by atoms with van der Waals surface area (Å²) < 4.78 is 16.7. The van der Waals surface area contributed by atoms with E-state index in [1.807, 2.05) is 48.7 Å². The number of amides is 1. The predicted molar refractivity (Wildman–Crippen MR) is 118 cm³/mol. The van der Waals surface area contributed by atoms with Gasteiger partial charge in [0.15, 0.2) is 11.5 Å². The molecule has 1 atom stereocenters. The highest BCUT2D eigenvalue weighted by atomic mass is 35.5. The van der Waals surface area contributed by atoms with Gasteiger partial charge in [-0.3, -0.25) is 4.79 Å². The number of rotatable bonds is 6. The molecule has 0 saturated carbocycles. The summed E-state index contributed by atoms with van der Waals surface area (Å²) in [6.45, 7) is 1.39. The third kappa shape index (κ3) is 4.11. The van der Waals surface area contributed by atoms with E-state index >= 15 is 0 Å². The zero-order valence-electron chi connectivity index (χ0n) is 16.7. The third-order valence-electron chi connectivity index (χ3n) is 5.45. The van der Waals surface area contributed by atoms with Gasteiger partial charge in [-0.15, -0.1) is 0 Å². The molecule has 7 heteroatoms. The van der Waals surface area contributed by atoms with Gasteiger partial charge in [-0.25, -0.2) is 0 Å². The number of aromatic amines is 1. The molecule has 6 nitrogen and oxygen atoms in total. The fourth-order valence-corrected chi connectivity index (χ4v) is 4.12. The fraction of sp³-hybridized carbons (Fsp3) is 0.208. The Bertz CT molecular complexity index is 1220. The Kier molecular flexibility index (Phi) is 5.30. The zero-order chi connectivity index (χ0) is 21.2. The molecule has 1 aliphatic heterocycles. The molecule has 0 saturated heterocycles. The van der Waals surface area contributed by atoms with E-state index in [1.54, 1.807) is 12.3 Å². The average molecular weight is 437 g/mol. The zero-order valence-corrected chi connectivity index (χ0v) is 17.4. The van der Waals surface area contributed by atoms with Crippen molar-refractivity contribution in [3.63, 3.8) is 0 Å². The number of carbonyl (C=O) groups is 1. The normalized spacial score (nSPS) is 13.8. The van der Waals surface area contributed by atoms with Crippen LogP contribution in [0.15, 0.2) is 65.4 Å². The first kappa shape index (κ1) is 19.6. The van der Waals surface area contributed by atoms with Crippen molar-refractivity contribution in [3.05, 3.63) is 82.9 Å². The Hall–Kier alpha value is -3.38. The van der Waals surface area contributed by atoms with Crippen LogP contribution in [0.3, 0.4) is 0 Å². The molecule has 158 valence electrons. The van der Waals surface area contributed by atoms with E-state index in [0.717, 1.165) is 27.8 Å². The van der Waals surface area contributed by atoms with Crippen molar-refractivity contribution in [1.29, 1.82) is 0 Å². The van der Waals surface area contributed by atoms with Gasteiger partial charge in [0, 0.05) is 34.5 Å². The van der Waals surface area contributed by atoms with Gasteiger partial charge in [0.1, 0.15) is 19.0 Å². The summed E-state index contributed by atoms with van der Waals surface area (Å²) in [4.78, 5) is 16.2. The van der Waals surface area contributed by atoms with Crippen LogP contribution in [-0.4, -0.2) is 24.1 Å². The number of hydrogen-bond acceptors (Lipinski definition) is 4. The van der Waals surface area contributed by atoms with E-state index < -0.39 is 0 Å². The smallest absolute Gasteiger partial charge is 0.221 e. The van der Waals surface area contributed by atoms with Crippen molar-refractivity contribution >= 4 is 28.4 Å². The standard InChI is InChI=1S/C24H21ClN2O4/c25-16-4-5-21-19(11-16)20(14-26-21)18(12-24(28)27-13-17-2-1-7-29-17)15-3-6-22-23(10-15)31-9-8-30-22/h1-7,10-11,14,18,26H,8-9,12-13H2,(H,27,28)/t18-/m0/s1. The second-order valence-corrected chi connectivity index (χ2v) is 7.89. The first-order valence-corrected chi connectivity index (χ1v) is 10.5. The molecular weight excluding hydrogens is 416 g/mol. The summed E-state index contributed by atoms with van der Waals surface area (Å²) in [6, 6.07) is 15.2. The highest BCUT2D eigenvalue weighted by Crippen LogP contribution is 2.39. The number of ether oxygens (including phenoxy) is 2. The fourth-order valence-electron chi connectivity index (χ4n) is 3.94. The van der Waals surface area contributed by atoms with Crippen molar-refractivity contribution in [2.24, 2.45) is 0 Å². The van der Waals surface area contributed by atoms with Crippen molar-refractivity contribution in [2.45, 2.75) is 18.9 Å². The maximum absolute atomic E-state index is 12.9. The van der Waals surface area contributed by atoms with Gasteiger partial charge >= 0.3 is 0 Å². The van der Waals surface area contributed by atoms with Gasteiger partial charge in [0.2, 0.25) is 5.91 Å². The molecule has 2 aromatic carbocycles. The largest absolute Gasteiger partial charge is 0.486 e. The molecule has 2 aromatic heterocycles. The Labute approximate surface area is 184 Å². The van der Waals surface area contributed by atoms with Crippen LogP contribution in [0.2, 0.25) is 5.02 Å². The number of nitrogens with one attached hydrogen (secondary N) is 2. The Morgan fingerprint density at radius 2 is 1.97 bits per heavy atom. The van der Waals surface area contributed by atoms with Crippen LogP contribution in [0.25, 0.3) is 10.9 Å². The van der Waals surface area contributed by atoms with Crippen LogP contribution in [0, 0.1) is 0 Å². The number of halogens is 1. The molecule has 0 fully saturated rings. The lowest BCUT2D eigenvalue weighted by atomic mass is 9.87. The molecule has 4 aromatic rings. The van der Waals surface area contributed by atoms with Gasteiger partial charge in [0.25, 0.3) is 0 Å². The Balaban J connectivity index is 1.49. The molecule has 2 N–H and O–H groups in total. The van der Waals surface area contributed by atoms with Gasteiger partial charge < -0.3 is 24.2 Å². The number of H-pyrrole nitrogens is 1. The third-order valence-corrected chi connectivity index (χ3v) is 5.68. The minimum atomic E-state index is -0.195. The lowest BCUT2D eigenvalue weighted by Gasteiger charge is -2.22.